The first kappa shape index (κ1) is 10.5. The van der Waals surface area contributed by atoms with Crippen LogP contribution >= 0.6 is 0 Å². The number of hydrogen-bond acceptors (Lipinski definition) is 1. The molecule has 0 aromatic rings. The fourth-order valence-corrected chi connectivity index (χ4v) is 2.06. The van der Waals surface area contributed by atoms with Gasteiger partial charge in [0, 0.05) is 0 Å². The van der Waals surface area contributed by atoms with Crippen LogP contribution in [-0.4, -0.2) is 5.78 Å². The topological polar surface area (TPSA) is 17.1 Å². The Kier molecular flexibility index (Phi) is 3.71. The highest BCUT2D eigenvalue weighted by molar-refractivity contribution is 5.95. The number of carbonyl (C=O) groups is 1. The van der Waals surface area contributed by atoms with E-state index in [1.165, 1.54) is 36.8 Å². The second-order valence-electron chi connectivity index (χ2n) is 3.97. The number of carbonyl (C=O) groups excluding carboxylic acids is 1. The van der Waals surface area contributed by atoms with Gasteiger partial charge in [-0.05, 0) is 44.1 Å². The predicted molar refractivity (Wildman–Crippen MR) is 55.6 cm³/mol. The smallest absolute Gasteiger partial charge is 0.156 e. The molecule has 1 nitrogen and oxygen atoms in total. The lowest BCUT2D eigenvalue weighted by atomic mass is 9.89. The Bertz CT molecular complexity index is 219. The summed E-state index contributed by atoms with van der Waals surface area (Å²) in [4.78, 5) is 11.4. The molecule has 1 aliphatic rings. The van der Waals surface area contributed by atoms with Gasteiger partial charge in [0.2, 0.25) is 0 Å². The lowest BCUT2D eigenvalue weighted by Gasteiger charge is -2.15. The van der Waals surface area contributed by atoms with Gasteiger partial charge in [0.25, 0.3) is 0 Å². The molecular formula is C12H20O. The summed E-state index contributed by atoms with van der Waals surface area (Å²) in [6.07, 6.45) is 5.83. The molecule has 1 atom stereocenters. The van der Waals surface area contributed by atoms with Crippen molar-refractivity contribution in [1.29, 1.82) is 0 Å². The average Bonchev–Trinajstić information content (AvgIpc) is 2.86. The molecule has 0 bridgehead atoms. The summed E-state index contributed by atoms with van der Waals surface area (Å²) in [6, 6.07) is 0. The van der Waals surface area contributed by atoms with Crippen LogP contribution < -0.4 is 0 Å². The standard InChI is InChI=1S/C12H20O/c1-4-6-10(5-2)12(9(3)13)11-7-8-11/h10H,4-8H2,1-3H3. The highest BCUT2D eigenvalue weighted by Gasteiger charge is 2.25. The van der Waals surface area contributed by atoms with Crippen molar-refractivity contribution in [3.8, 4) is 0 Å². The Morgan fingerprint density at radius 2 is 2.00 bits per heavy atom. The zero-order valence-corrected chi connectivity index (χ0v) is 9.02. The maximum absolute atomic E-state index is 11.4. The molecule has 0 spiro atoms. The Hall–Kier alpha value is -0.590. The van der Waals surface area contributed by atoms with Crippen LogP contribution in [0.2, 0.25) is 0 Å². The minimum absolute atomic E-state index is 0.313. The van der Waals surface area contributed by atoms with Crippen molar-refractivity contribution in [1.82, 2.24) is 0 Å². The fraction of sp³-hybridized carbons (Fsp3) is 0.750. The van der Waals surface area contributed by atoms with Crippen LogP contribution in [0.15, 0.2) is 11.1 Å². The maximum Gasteiger partial charge on any atom is 0.156 e. The van der Waals surface area contributed by atoms with E-state index in [0.29, 0.717) is 11.7 Å². The van der Waals surface area contributed by atoms with E-state index >= 15 is 0 Å². The Morgan fingerprint density at radius 3 is 2.31 bits per heavy atom. The molecular weight excluding hydrogens is 160 g/mol. The van der Waals surface area contributed by atoms with Crippen LogP contribution in [0.3, 0.4) is 0 Å². The van der Waals surface area contributed by atoms with E-state index in [0.717, 1.165) is 6.42 Å². The molecule has 0 radical (unpaired) electrons. The lowest BCUT2D eigenvalue weighted by Crippen LogP contribution is -2.10. The van der Waals surface area contributed by atoms with Gasteiger partial charge in [0.1, 0.15) is 0 Å². The third-order valence-electron chi connectivity index (χ3n) is 2.80. The van der Waals surface area contributed by atoms with Gasteiger partial charge >= 0.3 is 0 Å². The normalized spacial score (nSPS) is 17.0. The van der Waals surface area contributed by atoms with Crippen LogP contribution in [0.5, 0.6) is 0 Å². The van der Waals surface area contributed by atoms with Crippen molar-refractivity contribution >= 4 is 5.78 Å². The molecule has 0 aromatic heterocycles. The summed E-state index contributed by atoms with van der Waals surface area (Å²) < 4.78 is 0. The highest BCUT2D eigenvalue weighted by Crippen LogP contribution is 2.37. The first-order valence-electron chi connectivity index (χ1n) is 5.43. The fourth-order valence-electron chi connectivity index (χ4n) is 2.06. The Balaban J connectivity index is 2.74. The summed E-state index contributed by atoms with van der Waals surface area (Å²) in [5, 5.41) is 0. The van der Waals surface area contributed by atoms with Gasteiger partial charge in [-0.2, -0.15) is 0 Å². The monoisotopic (exact) mass is 180 g/mol. The van der Waals surface area contributed by atoms with Gasteiger partial charge in [-0.1, -0.05) is 25.8 Å². The minimum Gasteiger partial charge on any atom is -0.295 e. The van der Waals surface area contributed by atoms with E-state index in [2.05, 4.69) is 13.8 Å². The number of Topliss-reactive ketones (excluding diaryl/α,β-unsaturated/α-hetero) is 1. The van der Waals surface area contributed by atoms with Crippen LogP contribution in [0, 0.1) is 5.92 Å². The molecule has 0 N–H and O–H groups in total. The number of hydrogen-bond donors (Lipinski definition) is 0. The molecule has 0 saturated heterocycles. The van der Waals surface area contributed by atoms with Crippen LogP contribution in [0.1, 0.15) is 52.9 Å². The molecule has 0 amide bonds. The molecule has 0 heterocycles. The number of rotatable bonds is 5. The summed E-state index contributed by atoms with van der Waals surface area (Å²) in [5.74, 6) is 0.854. The second-order valence-corrected chi connectivity index (χ2v) is 3.97. The van der Waals surface area contributed by atoms with Crippen molar-refractivity contribution < 1.29 is 4.79 Å². The van der Waals surface area contributed by atoms with E-state index in [4.69, 9.17) is 0 Å². The summed E-state index contributed by atoms with van der Waals surface area (Å²) in [5.41, 5.74) is 2.61. The van der Waals surface area contributed by atoms with Crippen molar-refractivity contribution in [2.24, 2.45) is 5.92 Å². The third kappa shape index (κ3) is 2.68. The van der Waals surface area contributed by atoms with Gasteiger partial charge in [-0.25, -0.2) is 0 Å². The molecule has 1 unspecified atom stereocenters. The quantitative estimate of drug-likeness (QED) is 0.592. The third-order valence-corrected chi connectivity index (χ3v) is 2.80. The van der Waals surface area contributed by atoms with Crippen molar-refractivity contribution in [3.05, 3.63) is 11.1 Å². The Morgan fingerprint density at radius 1 is 1.38 bits per heavy atom. The minimum atomic E-state index is 0.313. The molecule has 0 aromatic carbocycles. The second kappa shape index (κ2) is 4.59. The molecule has 74 valence electrons. The van der Waals surface area contributed by atoms with E-state index in [1.54, 1.807) is 6.92 Å². The van der Waals surface area contributed by atoms with E-state index in [-0.39, 0.29) is 0 Å². The molecule has 13 heavy (non-hydrogen) atoms. The first-order valence-corrected chi connectivity index (χ1v) is 5.43. The largest absolute Gasteiger partial charge is 0.295 e. The van der Waals surface area contributed by atoms with Crippen LogP contribution in [0.4, 0.5) is 0 Å². The first-order chi connectivity index (χ1) is 6.20. The van der Waals surface area contributed by atoms with Crippen molar-refractivity contribution in [2.45, 2.75) is 52.9 Å². The maximum atomic E-state index is 11.4. The Labute approximate surface area is 81.2 Å². The van der Waals surface area contributed by atoms with E-state index < -0.39 is 0 Å². The summed E-state index contributed by atoms with van der Waals surface area (Å²) in [6.45, 7) is 6.10. The summed E-state index contributed by atoms with van der Waals surface area (Å²) >= 11 is 0. The van der Waals surface area contributed by atoms with Gasteiger partial charge in [-0.15, -0.1) is 0 Å². The van der Waals surface area contributed by atoms with Gasteiger partial charge in [0.15, 0.2) is 5.78 Å². The van der Waals surface area contributed by atoms with Crippen molar-refractivity contribution in [2.75, 3.05) is 0 Å². The van der Waals surface area contributed by atoms with Gasteiger partial charge in [0.05, 0.1) is 0 Å². The lowest BCUT2D eigenvalue weighted by molar-refractivity contribution is -0.114. The number of ketones is 1. The molecule has 0 aliphatic heterocycles. The van der Waals surface area contributed by atoms with E-state index in [1.807, 2.05) is 0 Å². The van der Waals surface area contributed by atoms with E-state index in [9.17, 15) is 4.79 Å². The van der Waals surface area contributed by atoms with Gasteiger partial charge < -0.3 is 0 Å². The molecule has 1 heteroatoms. The average molecular weight is 180 g/mol. The highest BCUT2D eigenvalue weighted by atomic mass is 16.1. The zero-order chi connectivity index (χ0) is 9.84. The predicted octanol–water partition coefficient (Wildman–Crippen LogP) is 3.49. The van der Waals surface area contributed by atoms with Crippen molar-refractivity contribution in [3.63, 3.8) is 0 Å². The van der Waals surface area contributed by atoms with Crippen LogP contribution in [-0.2, 0) is 4.79 Å². The number of allylic oxidation sites excluding steroid dienone is 2. The molecule has 1 rings (SSSR count). The molecule has 1 saturated carbocycles. The molecule has 1 fully saturated rings. The SMILES string of the molecule is CCCC(CC)C(C(C)=O)=C1CC1. The van der Waals surface area contributed by atoms with Gasteiger partial charge in [-0.3, -0.25) is 4.79 Å². The zero-order valence-electron chi connectivity index (χ0n) is 9.02. The van der Waals surface area contributed by atoms with Crippen LogP contribution in [0.25, 0.3) is 0 Å². The summed E-state index contributed by atoms with van der Waals surface area (Å²) in [7, 11) is 0. The molecule has 1 aliphatic carbocycles.